The fourth-order valence-electron chi connectivity index (χ4n) is 6.37. The van der Waals surface area contributed by atoms with Crippen LogP contribution in [0, 0.1) is 5.92 Å². The lowest BCUT2D eigenvalue weighted by Gasteiger charge is -2.51. The van der Waals surface area contributed by atoms with Gasteiger partial charge in [0.1, 0.15) is 11.4 Å². The van der Waals surface area contributed by atoms with Gasteiger partial charge in [0.05, 0.1) is 12.1 Å². The van der Waals surface area contributed by atoms with Crippen molar-refractivity contribution < 1.29 is 9.26 Å². The van der Waals surface area contributed by atoms with Gasteiger partial charge in [-0.05, 0) is 49.2 Å². The van der Waals surface area contributed by atoms with E-state index in [1.807, 2.05) is 12.1 Å². The van der Waals surface area contributed by atoms with Crippen molar-refractivity contribution in [3.8, 4) is 5.75 Å². The van der Waals surface area contributed by atoms with Crippen molar-refractivity contribution in [2.75, 3.05) is 65.5 Å². The fraction of sp³-hybridized carbons (Fsp3) is 0.552. The predicted octanol–water partition coefficient (Wildman–Crippen LogP) is 3.55. The van der Waals surface area contributed by atoms with E-state index in [1.54, 1.807) is 0 Å². The van der Waals surface area contributed by atoms with E-state index in [0.29, 0.717) is 5.92 Å². The number of piperidine rings is 1. The Morgan fingerprint density at radius 2 is 1.92 bits per heavy atom. The first-order chi connectivity index (χ1) is 17.7. The van der Waals surface area contributed by atoms with E-state index in [1.165, 1.54) is 18.7 Å². The van der Waals surface area contributed by atoms with Crippen LogP contribution < -0.4 is 10.1 Å². The summed E-state index contributed by atoms with van der Waals surface area (Å²) in [7, 11) is 0. The molecule has 3 aliphatic heterocycles. The van der Waals surface area contributed by atoms with Crippen LogP contribution in [-0.2, 0) is 12.1 Å². The van der Waals surface area contributed by atoms with Gasteiger partial charge in [0, 0.05) is 70.2 Å². The normalized spacial score (nSPS) is 26.2. The summed E-state index contributed by atoms with van der Waals surface area (Å²) in [6, 6.07) is 17.0. The lowest BCUT2D eigenvalue weighted by Crippen LogP contribution is -2.62. The Bertz CT molecular complexity index is 1160. The minimum atomic E-state index is -0.0942. The van der Waals surface area contributed by atoms with E-state index in [-0.39, 0.29) is 5.54 Å². The molecule has 0 amide bonds. The molecule has 36 heavy (non-hydrogen) atoms. The van der Waals surface area contributed by atoms with E-state index in [9.17, 15) is 0 Å². The molecule has 3 aliphatic rings. The van der Waals surface area contributed by atoms with Gasteiger partial charge in [-0.3, -0.25) is 9.80 Å². The molecule has 0 saturated carbocycles. The Kier molecular flexibility index (Phi) is 6.98. The Morgan fingerprint density at radius 1 is 1.06 bits per heavy atom. The summed E-state index contributed by atoms with van der Waals surface area (Å²) in [5.41, 5.74) is 3.23. The third-order valence-electron chi connectivity index (χ3n) is 8.55. The largest absolute Gasteiger partial charge is 0.493 e. The second kappa shape index (κ2) is 10.5. The Hall–Kier alpha value is -2.45. The zero-order valence-electron chi connectivity index (χ0n) is 21.5. The molecule has 0 unspecified atom stereocenters. The highest BCUT2D eigenvalue weighted by Crippen LogP contribution is 2.42. The molecule has 0 radical (unpaired) electrons. The number of hydrogen-bond acceptors (Lipinski definition) is 7. The molecule has 4 heterocycles. The van der Waals surface area contributed by atoms with Gasteiger partial charge in [-0.2, -0.15) is 0 Å². The van der Waals surface area contributed by atoms with Crippen molar-refractivity contribution in [1.82, 2.24) is 25.2 Å². The summed E-state index contributed by atoms with van der Waals surface area (Å²) >= 11 is 0. The summed E-state index contributed by atoms with van der Waals surface area (Å²) < 4.78 is 12.1. The zero-order chi connectivity index (χ0) is 24.4. The SMILES string of the molecule is CCN1CCN(Cc2cccc(OC[C@@H]3CC[C@@]4(c5noc6ccccc56)CNCCN4C3)c2)CC1. The smallest absolute Gasteiger partial charge is 0.167 e. The molecule has 3 saturated heterocycles. The molecule has 0 bridgehead atoms. The van der Waals surface area contributed by atoms with Gasteiger partial charge in [0.2, 0.25) is 0 Å². The van der Waals surface area contributed by atoms with Crippen molar-refractivity contribution in [3.05, 3.63) is 59.8 Å². The highest BCUT2D eigenvalue weighted by molar-refractivity contribution is 5.80. The van der Waals surface area contributed by atoms with Gasteiger partial charge >= 0.3 is 0 Å². The van der Waals surface area contributed by atoms with Gasteiger partial charge in [0.15, 0.2) is 5.58 Å². The van der Waals surface area contributed by atoms with Gasteiger partial charge in [0.25, 0.3) is 0 Å². The number of benzene rings is 2. The number of fused-ring (bicyclic) bond motifs is 2. The van der Waals surface area contributed by atoms with Crippen LogP contribution in [0.5, 0.6) is 5.75 Å². The number of ether oxygens (including phenoxy) is 1. The minimum Gasteiger partial charge on any atom is -0.493 e. The topological polar surface area (TPSA) is 57.0 Å². The molecule has 7 nitrogen and oxygen atoms in total. The Morgan fingerprint density at radius 3 is 2.81 bits per heavy atom. The molecule has 2 atom stereocenters. The molecule has 6 rings (SSSR count). The van der Waals surface area contributed by atoms with E-state index < -0.39 is 0 Å². The van der Waals surface area contributed by atoms with Crippen LogP contribution >= 0.6 is 0 Å². The molecule has 1 aromatic heterocycles. The van der Waals surface area contributed by atoms with Crippen molar-refractivity contribution in [3.63, 3.8) is 0 Å². The van der Waals surface area contributed by atoms with Crippen LogP contribution in [0.2, 0.25) is 0 Å². The number of nitrogens with zero attached hydrogens (tertiary/aromatic N) is 4. The molecule has 1 N–H and O–H groups in total. The molecule has 7 heteroatoms. The minimum absolute atomic E-state index is 0.0942. The lowest BCUT2D eigenvalue weighted by atomic mass is 9.77. The Balaban J connectivity index is 1.08. The van der Waals surface area contributed by atoms with Gasteiger partial charge < -0.3 is 19.5 Å². The van der Waals surface area contributed by atoms with Crippen LogP contribution in [0.1, 0.15) is 31.0 Å². The standard InChI is InChI=1S/C29H39N5O2/c1-2-32-14-16-33(17-15-32)19-23-6-5-7-25(18-23)35-21-24-10-11-29(22-30-12-13-34(29)20-24)28-26-8-3-4-9-27(26)36-31-28/h3-9,18,24,30H,2,10-17,19-22H2,1H3/t24-,29+/m1/s1. The first kappa shape index (κ1) is 23.9. The van der Waals surface area contributed by atoms with E-state index in [0.717, 1.165) is 94.2 Å². The van der Waals surface area contributed by atoms with Crippen LogP contribution in [0.25, 0.3) is 11.0 Å². The summed E-state index contributed by atoms with van der Waals surface area (Å²) in [6.45, 7) is 13.8. The summed E-state index contributed by atoms with van der Waals surface area (Å²) in [5, 5.41) is 9.37. The van der Waals surface area contributed by atoms with Gasteiger partial charge in [-0.15, -0.1) is 0 Å². The van der Waals surface area contributed by atoms with E-state index in [4.69, 9.17) is 9.26 Å². The number of aromatic nitrogens is 1. The average molecular weight is 490 g/mol. The summed E-state index contributed by atoms with van der Waals surface area (Å²) in [6.07, 6.45) is 2.19. The first-order valence-corrected chi connectivity index (χ1v) is 13.7. The van der Waals surface area contributed by atoms with Crippen molar-refractivity contribution in [2.45, 2.75) is 31.8 Å². The lowest BCUT2D eigenvalue weighted by molar-refractivity contribution is -0.0172. The maximum Gasteiger partial charge on any atom is 0.167 e. The van der Waals surface area contributed by atoms with Crippen molar-refractivity contribution in [2.24, 2.45) is 5.92 Å². The third kappa shape index (κ3) is 4.77. The fourth-order valence-corrected chi connectivity index (χ4v) is 6.37. The molecule has 0 aliphatic carbocycles. The number of piperazine rings is 2. The quantitative estimate of drug-likeness (QED) is 0.545. The Labute approximate surface area is 214 Å². The summed E-state index contributed by atoms with van der Waals surface area (Å²) in [5.74, 6) is 1.51. The number of para-hydroxylation sites is 1. The summed E-state index contributed by atoms with van der Waals surface area (Å²) in [4.78, 5) is 7.72. The van der Waals surface area contributed by atoms with Crippen LogP contribution in [0.15, 0.2) is 53.1 Å². The molecule has 3 fully saturated rings. The number of likely N-dealkylation sites (N-methyl/N-ethyl adjacent to an activating group) is 1. The molecular formula is C29H39N5O2. The zero-order valence-corrected chi connectivity index (χ0v) is 21.5. The number of rotatable bonds is 7. The monoisotopic (exact) mass is 489 g/mol. The first-order valence-electron chi connectivity index (χ1n) is 13.7. The maximum absolute atomic E-state index is 6.38. The van der Waals surface area contributed by atoms with Gasteiger partial charge in [-0.1, -0.05) is 36.3 Å². The van der Waals surface area contributed by atoms with Crippen LogP contribution in [0.4, 0.5) is 0 Å². The molecule has 3 aromatic rings. The van der Waals surface area contributed by atoms with Gasteiger partial charge in [-0.25, -0.2) is 0 Å². The van der Waals surface area contributed by atoms with Crippen LogP contribution in [0.3, 0.4) is 0 Å². The number of hydrogen-bond donors (Lipinski definition) is 1. The molecular weight excluding hydrogens is 450 g/mol. The van der Waals surface area contributed by atoms with E-state index in [2.05, 4.69) is 68.5 Å². The highest BCUT2D eigenvalue weighted by Gasteiger charge is 2.47. The second-order valence-corrected chi connectivity index (χ2v) is 10.8. The van der Waals surface area contributed by atoms with Crippen molar-refractivity contribution >= 4 is 11.0 Å². The third-order valence-corrected chi connectivity index (χ3v) is 8.55. The second-order valence-electron chi connectivity index (χ2n) is 10.8. The molecule has 2 aromatic carbocycles. The van der Waals surface area contributed by atoms with E-state index >= 15 is 0 Å². The van der Waals surface area contributed by atoms with Crippen molar-refractivity contribution in [1.29, 1.82) is 0 Å². The molecule has 0 spiro atoms. The highest BCUT2D eigenvalue weighted by atomic mass is 16.5. The van der Waals surface area contributed by atoms with Crippen LogP contribution in [-0.4, -0.2) is 85.4 Å². The maximum atomic E-state index is 6.38. The average Bonchev–Trinajstić information content (AvgIpc) is 3.37. The number of nitrogens with one attached hydrogen (secondary N) is 1. The molecule has 192 valence electrons. The predicted molar refractivity (Wildman–Crippen MR) is 142 cm³/mol.